The van der Waals surface area contributed by atoms with E-state index in [1.807, 2.05) is 6.20 Å². The molecule has 0 saturated heterocycles. The van der Waals surface area contributed by atoms with E-state index in [2.05, 4.69) is 29.2 Å². The third kappa shape index (κ3) is 4.58. The van der Waals surface area contributed by atoms with Gasteiger partial charge in [-0.1, -0.05) is 6.07 Å². The van der Waals surface area contributed by atoms with Crippen molar-refractivity contribution in [2.24, 2.45) is 11.5 Å². The topological polar surface area (TPSA) is 105 Å². The van der Waals surface area contributed by atoms with E-state index in [1.54, 1.807) is 0 Å². The van der Waals surface area contributed by atoms with Crippen molar-refractivity contribution in [1.82, 2.24) is 4.98 Å². The number of H-pyrrole nitrogens is 1. The van der Waals surface area contributed by atoms with Gasteiger partial charge in [0.15, 0.2) is 0 Å². The van der Waals surface area contributed by atoms with Crippen molar-refractivity contribution in [3.8, 4) is 0 Å². The standard InChI is InChI=1S/C16H23N3O2/c17-13(15(20)6-7-16(18)21)3-1-2-11-4-5-14-12(10-11)8-9-19-14/h4-5,8-10,13,15,19-20H,1-3,6-7,17H2,(H2,18,21). The number of aryl methyl sites for hydroxylation is 1. The van der Waals surface area contributed by atoms with Crippen LogP contribution in [0.5, 0.6) is 0 Å². The van der Waals surface area contributed by atoms with Crippen LogP contribution in [0.15, 0.2) is 30.5 Å². The number of hydrogen-bond donors (Lipinski definition) is 4. The molecule has 5 heteroatoms. The van der Waals surface area contributed by atoms with Crippen molar-refractivity contribution in [1.29, 1.82) is 0 Å². The number of carbonyl (C=O) groups is 1. The fraction of sp³-hybridized carbons (Fsp3) is 0.438. The summed E-state index contributed by atoms with van der Waals surface area (Å²) in [6.07, 6.45) is 4.35. The van der Waals surface area contributed by atoms with Gasteiger partial charge < -0.3 is 21.6 Å². The molecule has 2 unspecified atom stereocenters. The zero-order valence-electron chi connectivity index (χ0n) is 12.1. The van der Waals surface area contributed by atoms with E-state index in [-0.39, 0.29) is 12.5 Å². The van der Waals surface area contributed by atoms with Crippen LogP contribution < -0.4 is 11.5 Å². The SMILES string of the molecule is NC(=O)CCC(O)C(N)CCCc1ccc2[nH]ccc2c1. The third-order valence-corrected chi connectivity index (χ3v) is 3.80. The van der Waals surface area contributed by atoms with Crippen LogP contribution >= 0.6 is 0 Å². The molecule has 1 heterocycles. The van der Waals surface area contributed by atoms with Crippen molar-refractivity contribution in [3.05, 3.63) is 36.0 Å². The third-order valence-electron chi connectivity index (χ3n) is 3.80. The maximum Gasteiger partial charge on any atom is 0.217 e. The van der Waals surface area contributed by atoms with E-state index in [1.165, 1.54) is 10.9 Å². The quantitative estimate of drug-likeness (QED) is 0.591. The summed E-state index contributed by atoms with van der Waals surface area (Å²) in [6, 6.07) is 8.10. The van der Waals surface area contributed by atoms with Crippen molar-refractivity contribution >= 4 is 16.8 Å². The fourth-order valence-electron chi connectivity index (χ4n) is 2.50. The number of aliphatic hydroxyl groups is 1. The molecule has 5 nitrogen and oxygen atoms in total. The molecule has 0 radical (unpaired) electrons. The van der Waals surface area contributed by atoms with E-state index in [4.69, 9.17) is 11.5 Å². The number of nitrogens with two attached hydrogens (primary N) is 2. The maximum absolute atomic E-state index is 10.7. The van der Waals surface area contributed by atoms with Crippen LogP contribution in [0.2, 0.25) is 0 Å². The van der Waals surface area contributed by atoms with Gasteiger partial charge >= 0.3 is 0 Å². The largest absolute Gasteiger partial charge is 0.391 e. The second kappa shape index (κ2) is 7.24. The number of carbonyl (C=O) groups excluding carboxylic acids is 1. The van der Waals surface area contributed by atoms with Gasteiger partial charge in [0.05, 0.1) is 6.10 Å². The van der Waals surface area contributed by atoms with Crippen LogP contribution in [0.1, 0.15) is 31.2 Å². The summed E-state index contributed by atoms with van der Waals surface area (Å²) in [5.41, 5.74) is 13.4. The predicted molar refractivity (Wildman–Crippen MR) is 83.6 cm³/mol. The van der Waals surface area contributed by atoms with Crippen molar-refractivity contribution in [3.63, 3.8) is 0 Å². The highest BCUT2D eigenvalue weighted by molar-refractivity contribution is 5.79. The number of hydrogen-bond acceptors (Lipinski definition) is 3. The number of aromatic nitrogens is 1. The molecule has 21 heavy (non-hydrogen) atoms. The van der Waals surface area contributed by atoms with Gasteiger partial charge in [0, 0.05) is 24.2 Å². The first-order valence-corrected chi connectivity index (χ1v) is 7.34. The summed E-state index contributed by atoms with van der Waals surface area (Å²) in [5.74, 6) is -0.402. The Bertz CT molecular complexity index is 594. The molecule has 0 aliphatic heterocycles. The van der Waals surface area contributed by atoms with E-state index in [0.29, 0.717) is 6.42 Å². The highest BCUT2D eigenvalue weighted by Gasteiger charge is 2.15. The van der Waals surface area contributed by atoms with Crippen LogP contribution in [0.25, 0.3) is 10.9 Å². The second-order valence-corrected chi connectivity index (χ2v) is 5.53. The number of aliphatic hydroxyl groups excluding tert-OH is 1. The Balaban J connectivity index is 1.76. The molecule has 6 N–H and O–H groups in total. The summed E-state index contributed by atoms with van der Waals surface area (Å²) in [5, 5.41) is 11.0. The molecule has 2 rings (SSSR count). The van der Waals surface area contributed by atoms with Crippen LogP contribution in [0.3, 0.4) is 0 Å². The minimum Gasteiger partial charge on any atom is -0.391 e. The Hall–Kier alpha value is -1.85. The van der Waals surface area contributed by atoms with Gasteiger partial charge in [0.2, 0.25) is 5.91 Å². The second-order valence-electron chi connectivity index (χ2n) is 5.53. The lowest BCUT2D eigenvalue weighted by atomic mass is 9.99. The molecule has 1 aromatic carbocycles. The first-order valence-electron chi connectivity index (χ1n) is 7.34. The monoisotopic (exact) mass is 289 g/mol. The molecule has 1 aromatic heterocycles. The highest BCUT2D eigenvalue weighted by atomic mass is 16.3. The lowest BCUT2D eigenvalue weighted by Crippen LogP contribution is -2.35. The number of nitrogens with one attached hydrogen (secondary N) is 1. The normalized spacial score (nSPS) is 14.2. The van der Waals surface area contributed by atoms with Crippen LogP contribution in [-0.4, -0.2) is 28.1 Å². The molecule has 0 aliphatic carbocycles. The van der Waals surface area contributed by atoms with Gasteiger partial charge in [-0.05, 0) is 54.8 Å². The van der Waals surface area contributed by atoms with Crippen molar-refractivity contribution < 1.29 is 9.90 Å². The van der Waals surface area contributed by atoms with E-state index in [0.717, 1.165) is 24.8 Å². The average Bonchev–Trinajstić information content (AvgIpc) is 2.92. The zero-order valence-corrected chi connectivity index (χ0v) is 12.1. The van der Waals surface area contributed by atoms with Crippen molar-refractivity contribution in [2.45, 2.75) is 44.2 Å². The van der Waals surface area contributed by atoms with Gasteiger partial charge in [0.25, 0.3) is 0 Å². The van der Waals surface area contributed by atoms with Gasteiger partial charge in [-0.15, -0.1) is 0 Å². The minimum atomic E-state index is -0.662. The summed E-state index contributed by atoms with van der Waals surface area (Å²) in [4.78, 5) is 13.8. The molecule has 0 saturated carbocycles. The lowest BCUT2D eigenvalue weighted by Gasteiger charge is -2.18. The van der Waals surface area contributed by atoms with Gasteiger partial charge in [0.1, 0.15) is 0 Å². The first kappa shape index (κ1) is 15.5. The summed E-state index contributed by atoms with van der Waals surface area (Å²) >= 11 is 0. The van der Waals surface area contributed by atoms with E-state index in [9.17, 15) is 9.90 Å². The van der Waals surface area contributed by atoms with E-state index >= 15 is 0 Å². The molecule has 2 atom stereocenters. The Kier molecular flexibility index (Phi) is 5.36. The Morgan fingerprint density at radius 3 is 2.86 bits per heavy atom. The Morgan fingerprint density at radius 2 is 2.10 bits per heavy atom. The smallest absolute Gasteiger partial charge is 0.217 e. The van der Waals surface area contributed by atoms with Crippen LogP contribution in [0, 0.1) is 0 Å². The summed E-state index contributed by atoms with van der Waals surface area (Å²) in [6.45, 7) is 0. The van der Waals surface area contributed by atoms with Crippen molar-refractivity contribution in [2.75, 3.05) is 0 Å². The summed E-state index contributed by atoms with van der Waals surface area (Å²) < 4.78 is 0. The molecular weight excluding hydrogens is 266 g/mol. The molecule has 0 fully saturated rings. The molecule has 0 aliphatic rings. The Morgan fingerprint density at radius 1 is 1.29 bits per heavy atom. The van der Waals surface area contributed by atoms with E-state index < -0.39 is 12.0 Å². The first-order chi connectivity index (χ1) is 10.1. The van der Waals surface area contributed by atoms with Crippen LogP contribution in [-0.2, 0) is 11.2 Å². The van der Waals surface area contributed by atoms with Gasteiger partial charge in [-0.25, -0.2) is 0 Å². The lowest BCUT2D eigenvalue weighted by molar-refractivity contribution is -0.118. The van der Waals surface area contributed by atoms with Gasteiger partial charge in [-0.2, -0.15) is 0 Å². The number of benzene rings is 1. The number of aromatic amines is 1. The highest BCUT2D eigenvalue weighted by Crippen LogP contribution is 2.16. The molecule has 1 amide bonds. The summed E-state index contributed by atoms with van der Waals surface area (Å²) in [7, 11) is 0. The van der Waals surface area contributed by atoms with Crippen LogP contribution in [0.4, 0.5) is 0 Å². The minimum absolute atomic E-state index is 0.180. The number of amides is 1. The van der Waals surface area contributed by atoms with Gasteiger partial charge in [-0.3, -0.25) is 4.79 Å². The Labute approximate surface area is 124 Å². The molecular formula is C16H23N3O2. The molecule has 0 bridgehead atoms. The number of fused-ring (bicyclic) bond motifs is 1. The molecule has 0 spiro atoms. The maximum atomic E-state index is 10.7. The number of rotatable bonds is 8. The zero-order chi connectivity index (χ0) is 15.2. The average molecular weight is 289 g/mol. The molecule has 2 aromatic rings. The number of primary amides is 1. The predicted octanol–water partition coefficient (Wildman–Crippen LogP) is 1.44. The fourth-order valence-corrected chi connectivity index (χ4v) is 2.50. The molecule has 114 valence electrons.